The highest BCUT2D eigenvalue weighted by atomic mass is 31.2. The van der Waals surface area contributed by atoms with E-state index in [0.717, 1.165) is 17.7 Å². The average molecular weight is 597 g/mol. The smallest absolute Gasteiger partial charge is 0.475 e. The standard InChI is InChI=1S/C20H32N5O14P/c1-8(26)23-14-10(28)5-20(18(31)32,38-11(14)4-9(27)6-21)39-40(34,35)36-7-12-15(29)16(30)17(37-12)25-3-2-13(22)24-19(25)33/h2-3,9-12,14-17,27-30H,4-7,21H2,1H3,(H,23,26)(H,31,32)(H,34,35)(H2,22,24,33)/t9-,10+,11?,12?,14?,15?,16?,17?,20+/m0/s1. The molecule has 11 N–H and O–H groups in total. The molecule has 2 fully saturated rings. The van der Waals surface area contributed by atoms with Crippen molar-refractivity contribution in [3.63, 3.8) is 0 Å². The maximum absolute atomic E-state index is 12.8. The summed E-state index contributed by atoms with van der Waals surface area (Å²) in [5.41, 5.74) is 9.90. The molecule has 2 aliphatic heterocycles. The van der Waals surface area contributed by atoms with Gasteiger partial charge in [-0.3, -0.25) is 13.9 Å². The topological polar surface area (TPSA) is 308 Å². The van der Waals surface area contributed by atoms with Gasteiger partial charge < -0.3 is 56.7 Å². The molecule has 0 radical (unpaired) electrons. The number of nitrogens with two attached hydrogens (primary N) is 2. The summed E-state index contributed by atoms with van der Waals surface area (Å²) in [7, 11) is -5.39. The van der Waals surface area contributed by atoms with Crippen LogP contribution in [0.3, 0.4) is 0 Å². The summed E-state index contributed by atoms with van der Waals surface area (Å²) < 4.78 is 34.1. The van der Waals surface area contributed by atoms with E-state index in [0.29, 0.717) is 0 Å². The predicted octanol–water partition coefficient (Wildman–Crippen LogP) is -4.28. The van der Waals surface area contributed by atoms with Gasteiger partial charge in [0.25, 0.3) is 5.79 Å². The van der Waals surface area contributed by atoms with E-state index in [9.17, 15) is 49.4 Å². The number of carbonyl (C=O) groups is 2. The Morgan fingerprint density at radius 2 is 2.00 bits per heavy atom. The number of aliphatic hydroxyl groups is 4. The van der Waals surface area contributed by atoms with Crippen LogP contribution in [0.15, 0.2) is 17.1 Å². The minimum Gasteiger partial charge on any atom is -0.477 e. The number of hydrogen-bond acceptors (Lipinski definition) is 15. The molecule has 2 aliphatic rings. The number of carboxylic acid groups (broad SMARTS) is 1. The molecule has 19 nitrogen and oxygen atoms in total. The lowest BCUT2D eigenvalue weighted by molar-refractivity contribution is -0.273. The second kappa shape index (κ2) is 12.5. The molecule has 7 unspecified atom stereocenters. The summed E-state index contributed by atoms with van der Waals surface area (Å²) in [6.45, 7) is -0.113. The van der Waals surface area contributed by atoms with Crippen LogP contribution >= 0.6 is 7.82 Å². The van der Waals surface area contributed by atoms with Crippen LogP contribution in [-0.2, 0) is 32.7 Å². The molecule has 2 saturated heterocycles. The zero-order valence-corrected chi connectivity index (χ0v) is 21.9. The molecule has 0 aromatic carbocycles. The number of rotatable bonds is 11. The van der Waals surface area contributed by atoms with Gasteiger partial charge in [0.1, 0.15) is 24.1 Å². The molecule has 0 saturated carbocycles. The Morgan fingerprint density at radius 1 is 1.32 bits per heavy atom. The largest absolute Gasteiger partial charge is 0.477 e. The molecular formula is C20H32N5O14P. The summed E-state index contributed by atoms with van der Waals surface area (Å²) in [6.07, 6.45) is -11.0. The van der Waals surface area contributed by atoms with Crippen LogP contribution in [0.25, 0.3) is 0 Å². The minimum absolute atomic E-state index is 0.113. The Kier molecular flexibility index (Phi) is 10.0. The highest BCUT2D eigenvalue weighted by Crippen LogP contribution is 2.51. The number of phosphoric acid groups is 1. The zero-order valence-electron chi connectivity index (χ0n) is 21.0. The van der Waals surface area contributed by atoms with Crippen LogP contribution in [0.1, 0.15) is 26.0 Å². The van der Waals surface area contributed by atoms with Crippen LogP contribution < -0.4 is 22.5 Å². The van der Waals surface area contributed by atoms with Crippen LogP contribution in [0.2, 0.25) is 0 Å². The average Bonchev–Trinajstić information content (AvgIpc) is 3.13. The van der Waals surface area contributed by atoms with E-state index in [1.807, 2.05) is 0 Å². The Labute approximate surface area is 225 Å². The second-order valence-electron chi connectivity index (χ2n) is 9.28. The van der Waals surface area contributed by atoms with Gasteiger partial charge in [-0.25, -0.2) is 18.7 Å². The van der Waals surface area contributed by atoms with Crippen molar-refractivity contribution in [1.29, 1.82) is 0 Å². The number of aromatic nitrogens is 2. The lowest BCUT2D eigenvalue weighted by Gasteiger charge is -2.45. The fourth-order valence-corrected chi connectivity index (χ4v) is 5.29. The van der Waals surface area contributed by atoms with Gasteiger partial charge in [-0.05, 0) is 6.07 Å². The highest BCUT2D eigenvalue weighted by molar-refractivity contribution is 7.47. The van der Waals surface area contributed by atoms with Crippen molar-refractivity contribution in [2.45, 2.75) is 74.4 Å². The van der Waals surface area contributed by atoms with Crippen LogP contribution in [0.4, 0.5) is 5.82 Å². The number of carboxylic acids is 1. The molecule has 20 heteroatoms. The number of nitrogens with zero attached hydrogens (tertiary/aromatic N) is 2. The molecule has 10 atom stereocenters. The Hall–Kier alpha value is -2.55. The summed E-state index contributed by atoms with van der Waals surface area (Å²) in [5, 5.41) is 53.4. The first-order valence-corrected chi connectivity index (χ1v) is 13.4. The molecule has 1 amide bonds. The first-order chi connectivity index (χ1) is 18.6. The van der Waals surface area contributed by atoms with Crippen molar-refractivity contribution in [3.8, 4) is 0 Å². The van der Waals surface area contributed by atoms with E-state index in [2.05, 4.69) is 10.3 Å². The maximum Gasteiger partial charge on any atom is 0.475 e. The summed E-state index contributed by atoms with van der Waals surface area (Å²) in [4.78, 5) is 49.6. The third kappa shape index (κ3) is 7.20. The van der Waals surface area contributed by atoms with Gasteiger partial charge in [0.05, 0.1) is 31.0 Å². The number of anilines is 1. The lowest BCUT2D eigenvalue weighted by Crippen LogP contribution is -2.64. The van der Waals surface area contributed by atoms with Crippen LogP contribution in [0, 0.1) is 0 Å². The number of hydrogen-bond donors (Lipinski definition) is 9. The van der Waals surface area contributed by atoms with Crippen molar-refractivity contribution in [2.24, 2.45) is 5.73 Å². The van der Waals surface area contributed by atoms with E-state index in [1.165, 1.54) is 6.07 Å². The normalized spacial score (nSPS) is 34.6. The quantitative estimate of drug-likeness (QED) is 0.109. The molecule has 0 bridgehead atoms. The van der Waals surface area contributed by atoms with Crippen molar-refractivity contribution < 1.29 is 63.1 Å². The van der Waals surface area contributed by atoms with E-state index < -0.39 is 99.5 Å². The van der Waals surface area contributed by atoms with Crippen molar-refractivity contribution in [3.05, 3.63) is 22.7 Å². The number of phosphoric ester groups is 1. The van der Waals surface area contributed by atoms with Gasteiger partial charge in [-0.1, -0.05) is 0 Å². The van der Waals surface area contributed by atoms with E-state index in [1.54, 1.807) is 0 Å². The van der Waals surface area contributed by atoms with Crippen LogP contribution in [0.5, 0.6) is 0 Å². The molecule has 0 spiro atoms. The highest BCUT2D eigenvalue weighted by Gasteiger charge is 2.57. The Balaban J connectivity index is 1.75. The first kappa shape index (κ1) is 32.0. The van der Waals surface area contributed by atoms with Gasteiger partial charge in [0.15, 0.2) is 6.23 Å². The molecule has 3 heterocycles. The third-order valence-corrected chi connectivity index (χ3v) is 7.24. The Bertz CT molecular complexity index is 1190. The number of carbonyl (C=O) groups excluding carboxylic acids is 1. The van der Waals surface area contributed by atoms with Crippen LogP contribution in [-0.4, -0.2) is 113 Å². The van der Waals surface area contributed by atoms with Gasteiger partial charge in [-0.2, -0.15) is 4.98 Å². The lowest BCUT2D eigenvalue weighted by atomic mass is 9.90. The fraction of sp³-hybridized carbons (Fsp3) is 0.700. The minimum atomic E-state index is -5.39. The van der Waals surface area contributed by atoms with E-state index in [-0.39, 0.29) is 12.4 Å². The van der Waals surface area contributed by atoms with Crippen molar-refractivity contribution >= 4 is 25.5 Å². The maximum atomic E-state index is 12.8. The fourth-order valence-electron chi connectivity index (χ4n) is 4.33. The second-order valence-corrected chi connectivity index (χ2v) is 10.7. The zero-order chi connectivity index (χ0) is 30.0. The van der Waals surface area contributed by atoms with Gasteiger partial charge in [0.2, 0.25) is 5.91 Å². The van der Waals surface area contributed by atoms with Gasteiger partial charge >= 0.3 is 19.5 Å². The number of ether oxygens (including phenoxy) is 2. The number of aliphatic hydroxyl groups excluding tert-OH is 4. The summed E-state index contributed by atoms with van der Waals surface area (Å²) in [6, 6.07) is -0.00981. The first-order valence-electron chi connectivity index (χ1n) is 11.9. The summed E-state index contributed by atoms with van der Waals surface area (Å²) in [5.74, 6) is -5.66. The number of nitrogens with one attached hydrogen (secondary N) is 1. The number of amides is 1. The number of nitrogen functional groups attached to an aromatic ring is 1. The number of aliphatic carboxylic acids is 1. The molecular weight excluding hydrogens is 565 g/mol. The molecule has 0 aliphatic carbocycles. The summed E-state index contributed by atoms with van der Waals surface area (Å²) >= 11 is 0. The molecule has 226 valence electrons. The van der Waals surface area contributed by atoms with Crippen molar-refractivity contribution in [1.82, 2.24) is 14.9 Å². The monoisotopic (exact) mass is 597 g/mol. The molecule has 1 aromatic heterocycles. The van der Waals surface area contributed by atoms with Crippen molar-refractivity contribution in [2.75, 3.05) is 18.9 Å². The van der Waals surface area contributed by atoms with Gasteiger partial charge in [0, 0.05) is 32.5 Å². The predicted molar refractivity (Wildman–Crippen MR) is 129 cm³/mol. The molecule has 40 heavy (non-hydrogen) atoms. The molecule has 1 aromatic rings. The Morgan fingerprint density at radius 3 is 2.58 bits per heavy atom. The van der Waals surface area contributed by atoms with E-state index in [4.69, 9.17) is 30.0 Å². The SMILES string of the molecule is CC(=O)NC1C(C[C@H](O)CN)O[C@](OP(=O)(O)OCC2OC(n3ccc(N)nc3=O)C(O)C2O)(C(=O)O)C[C@H]1O. The van der Waals surface area contributed by atoms with Gasteiger partial charge in [-0.15, -0.1) is 0 Å². The third-order valence-electron chi connectivity index (χ3n) is 6.23. The van der Waals surface area contributed by atoms with E-state index >= 15 is 0 Å². The molecule has 3 rings (SSSR count).